The fourth-order valence-corrected chi connectivity index (χ4v) is 1.78. The smallest absolute Gasteiger partial charge is 0.194 e. The topological polar surface area (TPSA) is 27.6 Å². The van der Waals surface area contributed by atoms with Crippen molar-refractivity contribution >= 4 is 5.96 Å². The molecule has 0 aliphatic carbocycles. The maximum atomic E-state index is 4.18. The van der Waals surface area contributed by atoms with Gasteiger partial charge in [0.1, 0.15) is 0 Å². The number of aliphatic imine (C=N–C) groups is 1. The lowest BCUT2D eigenvalue weighted by molar-refractivity contribution is 0.515. The van der Waals surface area contributed by atoms with Crippen molar-refractivity contribution < 1.29 is 0 Å². The minimum absolute atomic E-state index is 0.375. The van der Waals surface area contributed by atoms with Gasteiger partial charge >= 0.3 is 0 Å². The zero-order chi connectivity index (χ0) is 9.97. The fraction of sp³-hybridized carbons (Fsp3) is 0.364. The quantitative estimate of drug-likeness (QED) is 0.720. The number of rotatable bonds is 1. The van der Waals surface area contributed by atoms with Gasteiger partial charge in [0.25, 0.3) is 0 Å². The van der Waals surface area contributed by atoms with Crippen molar-refractivity contribution in [3.8, 4) is 0 Å². The highest BCUT2D eigenvalue weighted by atomic mass is 15.3. The van der Waals surface area contributed by atoms with E-state index in [4.69, 9.17) is 0 Å². The van der Waals surface area contributed by atoms with Crippen molar-refractivity contribution in [1.82, 2.24) is 10.2 Å². The zero-order valence-electron chi connectivity index (χ0n) is 8.57. The number of benzene rings is 1. The van der Waals surface area contributed by atoms with Crippen molar-refractivity contribution in [2.75, 3.05) is 20.6 Å². The SMILES string of the molecule is CN=C1N[C@H](c2ccccc2)CN1C. The summed E-state index contributed by atoms with van der Waals surface area (Å²) in [7, 11) is 3.87. The van der Waals surface area contributed by atoms with Gasteiger partial charge in [-0.1, -0.05) is 30.3 Å². The molecular formula is C11H15N3. The molecule has 1 heterocycles. The average molecular weight is 189 g/mol. The van der Waals surface area contributed by atoms with Gasteiger partial charge in [-0.3, -0.25) is 4.99 Å². The van der Waals surface area contributed by atoms with Crippen LogP contribution in [0.2, 0.25) is 0 Å². The van der Waals surface area contributed by atoms with Crippen LogP contribution >= 0.6 is 0 Å². The molecule has 1 aliphatic rings. The van der Waals surface area contributed by atoms with Crippen LogP contribution in [-0.4, -0.2) is 31.5 Å². The summed E-state index contributed by atoms with van der Waals surface area (Å²) in [6, 6.07) is 10.8. The van der Waals surface area contributed by atoms with Crippen LogP contribution in [0.5, 0.6) is 0 Å². The van der Waals surface area contributed by atoms with Crippen LogP contribution in [0.3, 0.4) is 0 Å². The summed E-state index contributed by atoms with van der Waals surface area (Å²) in [6.07, 6.45) is 0. The maximum Gasteiger partial charge on any atom is 0.194 e. The zero-order valence-corrected chi connectivity index (χ0v) is 8.57. The van der Waals surface area contributed by atoms with E-state index in [0.717, 1.165) is 12.5 Å². The molecular weight excluding hydrogens is 174 g/mol. The summed E-state index contributed by atoms with van der Waals surface area (Å²) in [5, 5.41) is 3.38. The number of nitrogens with one attached hydrogen (secondary N) is 1. The van der Waals surface area contributed by atoms with Gasteiger partial charge in [0.2, 0.25) is 0 Å². The molecule has 2 rings (SSSR count). The van der Waals surface area contributed by atoms with E-state index < -0.39 is 0 Å². The highest BCUT2D eigenvalue weighted by molar-refractivity contribution is 5.82. The maximum absolute atomic E-state index is 4.18. The van der Waals surface area contributed by atoms with Crippen LogP contribution in [0.15, 0.2) is 35.3 Å². The first-order chi connectivity index (χ1) is 6.81. The summed E-state index contributed by atoms with van der Waals surface area (Å²) in [5.41, 5.74) is 1.32. The van der Waals surface area contributed by atoms with E-state index in [2.05, 4.69) is 46.5 Å². The van der Waals surface area contributed by atoms with Gasteiger partial charge in [-0.25, -0.2) is 0 Å². The second-order valence-corrected chi connectivity index (χ2v) is 3.54. The van der Waals surface area contributed by atoms with Crippen LogP contribution in [0, 0.1) is 0 Å². The second-order valence-electron chi connectivity index (χ2n) is 3.54. The number of hydrogen-bond donors (Lipinski definition) is 1. The van der Waals surface area contributed by atoms with Gasteiger partial charge in [0.15, 0.2) is 5.96 Å². The Morgan fingerprint density at radius 2 is 2.07 bits per heavy atom. The molecule has 1 N–H and O–H groups in total. The lowest BCUT2D eigenvalue weighted by atomic mass is 10.1. The predicted molar refractivity (Wildman–Crippen MR) is 58.3 cm³/mol. The first kappa shape index (κ1) is 9.06. The van der Waals surface area contributed by atoms with Gasteiger partial charge in [-0.2, -0.15) is 0 Å². The Morgan fingerprint density at radius 1 is 1.36 bits per heavy atom. The van der Waals surface area contributed by atoms with Gasteiger partial charge in [-0.05, 0) is 5.56 Å². The Balaban J connectivity index is 2.17. The van der Waals surface area contributed by atoms with E-state index in [1.807, 2.05) is 13.1 Å². The Bertz CT molecular complexity index is 332. The van der Waals surface area contributed by atoms with Crippen molar-refractivity contribution in [3.63, 3.8) is 0 Å². The Morgan fingerprint density at radius 3 is 2.64 bits per heavy atom. The average Bonchev–Trinajstić information content (AvgIpc) is 2.61. The van der Waals surface area contributed by atoms with E-state index >= 15 is 0 Å². The van der Waals surface area contributed by atoms with Gasteiger partial charge < -0.3 is 10.2 Å². The van der Waals surface area contributed by atoms with Crippen LogP contribution in [0.25, 0.3) is 0 Å². The number of guanidine groups is 1. The minimum atomic E-state index is 0.375. The predicted octanol–water partition coefficient (Wildman–Crippen LogP) is 1.25. The first-order valence-corrected chi connectivity index (χ1v) is 4.80. The molecule has 0 bridgehead atoms. The molecule has 14 heavy (non-hydrogen) atoms. The number of hydrogen-bond acceptors (Lipinski definition) is 1. The molecule has 0 spiro atoms. The molecule has 1 atom stereocenters. The third kappa shape index (κ3) is 1.58. The summed E-state index contributed by atoms with van der Waals surface area (Å²) in [5.74, 6) is 0.971. The largest absolute Gasteiger partial charge is 0.348 e. The molecule has 0 unspecified atom stereocenters. The summed E-state index contributed by atoms with van der Waals surface area (Å²) in [6.45, 7) is 0.983. The van der Waals surface area contributed by atoms with E-state index in [9.17, 15) is 0 Å². The summed E-state index contributed by atoms with van der Waals surface area (Å²) >= 11 is 0. The fourth-order valence-electron chi connectivity index (χ4n) is 1.78. The standard InChI is InChI=1S/C11H15N3/c1-12-11-13-10(8-14(11)2)9-6-4-3-5-7-9/h3-7,10H,8H2,1-2H3,(H,12,13)/t10-/m0/s1. The van der Waals surface area contributed by atoms with Crippen LogP contribution in [0.4, 0.5) is 0 Å². The third-order valence-corrected chi connectivity index (χ3v) is 2.54. The minimum Gasteiger partial charge on any atom is -0.348 e. The van der Waals surface area contributed by atoms with E-state index in [1.54, 1.807) is 0 Å². The molecule has 3 nitrogen and oxygen atoms in total. The number of likely N-dealkylation sites (N-methyl/N-ethyl adjacent to an activating group) is 1. The molecule has 74 valence electrons. The van der Waals surface area contributed by atoms with Gasteiger partial charge in [-0.15, -0.1) is 0 Å². The molecule has 0 radical (unpaired) electrons. The molecule has 0 saturated carbocycles. The van der Waals surface area contributed by atoms with Gasteiger partial charge in [0.05, 0.1) is 6.04 Å². The molecule has 0 amide bonds. The van der Waals surface area contributed by atoms with Crippen molar-refractivity contribution in [2.24, 2.45) is 4.99 Å². The Kier molecular flexibility index (Phi) is 2.39. The lowest BCUT2D eigenvalue weighted by Crippen LogP contribution is -2.26. The molecule has 1 aliphatic heterocycles. The molecule has 3 heteroatoms. The highest BCUT2D eigenvalue weighted by Gasteiger charge is 2.24. The molecule has 1 saturated heterocycles. The number of nitrogens with zero attached hydrogens (tertiary/aromatic N) is 2. The van der Waals surface area contributed by atoms with Crippen LogP contribution < -0.4 is 5.32 Å². The Hall–Kier alpha value is -1.51. The van der Waals surface area contributed by atoms with Crippen LogP contribution in [0.1, 0.15) is 11.6 Å². The monoisotopic (exact) mass is 189 g/mol. The summed E-state index contributed by atoms with van der Waals surface area (Å²) in [4.78, 5) is 6.31. The second kappa shape index (κ2) is 3.70. The van der Waals surface area contributed by atoms with E-state index in [0.29, 0.717) is 6.04 Å². The van der Waals surface area contributed by atoms with Crippen molar-refractivity contribution in [3.05, 3.63) is 35.9 Å². The summed E-state index contributed by atoms with van der Waals surface area (Å²) < 4.78 is 0. The first-order valence-electron chi connectivity index (χ1n) is 4.80. The third-order valence-electron chi connectivity index (χ3n) is 2.54. The molecule has 1 fully saturated rings. The van der Waals surface area contributed by atoms with Crippen molar-refractivity contribution in [1.29, 1.82) is 0 Å². The molecule has 1 aromatic carbocycles. The van der Waals surface area contributed by atoms with Crippen LogP contribution in [-0.2, 0) is 0 Å². The van der Waals surface area contributed by atoms with Crippen molar-refractivity contribution in [2.45, 2.75) is 6.04 Å². The van der Waals surface area contributed by atoms with E-state index in [-0.39, 0.29) is 0 Å². The molecule has 0 aromatic heterocycles. The highest BCUT2D eigenvalue weighted by Crippen LogP contribution is 2.18. The lowest BCUT2D eigenvalue weighted by Gasteiger charge is -2.09. The van der Waals surface area contributed by atoms with E-state index in [1.165, 1.54) is 5.56 Å². The Labute approximate surface area is 84.5 Å². The molecule has 1 aromatic rings. The van der Waals surface area contributed by atoms with Gasteiger partial charge in [0, 0.05) is 20.6 Å². The normalized spacial score (nSPS) is 24.0.